The Morgan fingerprint density at radius 2 is 2.30 bits per heavy atom. The van der Waals surface area contributed by atoms with Crippen LogP contribution < -0.4 is 0 Å². The summed E-state index contributed by atoms with van der Waals surface area (Å²) in [6.07, 6.45) is 2.53. The molecule has 1 aromatic rings. The third kappa shape index (κ3) is 3.56. The van der Waals surface area contributed by atoms with Crippen molar-refractivity contribution < 1.29 is 4.39 Å². The quantitative estimate of drug-likeness (QED) is 0.827. The first-order chi connectivity index (χ1) is 9.63. The SMILES string of the molecule is CCN1CCCC1CN(C)Cc1ccc(F)c(C#N)c1. The lowest BCUT2D eigenvalue weighted by molar-refractivity contribution is 0.195. The fourth-order valence-electron chi connectivity index (χ4n) is 3.01. The van der Waals surface area contributed by atoms with E-state index in [1.54, 1.807) is 12.1 Å². The van der Waals surface area contributed by atoms with Crippen molar-refractivity contribution in [1.29, 1.82) is 5.26 Å². The summed E-state index contributed by atoms with van der Waals surface area (Å²) in [6, 6.07) is 7.32. The van der Waals surface area contributed by atoms with Crippen molar-refractivity contribution in [3.63, 3.8) is 0 Å². The highest BCUT2D eigenvalue weighted by molar-refractivity contribution is 5.34. The Balaban J connectivity index is 1.94. The number of benzene rings is 1. The number of nitrogens with zero attached hydrogens (tertiary/aromatic N) is 3. The molecular formula is C16H22FN3. The standard InChI is InChI=1S/C16H22FN3/c1-3-20-8-4-5-15(20)12-19(2)11-13-6-7-16(17)14(9-13)10-18/h6-7,9,15H,3-5,8,11-12H2,1-2H3. The van der Waals surface area contributed by atoms with Crippen molar-refractivity contribution in [3.05, 3.63) is 35.1 Å². The molecule has 108 valence electrons. The van der Waals surface area contributed by atoms with Gasteiger partial charge in [-0.1, -0.05) is 13.0 Å². The number of hydrogen-bond acceptors (Lipinski definition) is 3. The Bertz CT molecular complexity index is 495. The molecule has 0 N–H and O–H groups in total. The van der Waals surface area contributed by atoms with E-state index in [4.69, 9.17) is 5.26 Å². The summed E-state index contributed by atoms with van der Waals surface area (Å²) in [5.74, 6) is -0.438. The van der Waals surface area contributed by atoms with Crippen LogP contribution in [-0.4, -0.2) is 42.5 Å². The van der Waals surface area contributed by atoms with Crippen LogP contribution in [0.5, 0.6) is 0 Å². The van der Waals surface area contributed by atoms with E-state index in [1.807, 2.05) is 6.07 Å². The summed E-state index contributed by atoms with van der Waals surface area (Å²) in [5, 5.41) is 8.86. The molecule has 0 spiro atoms. The van der Waals surface area contributed by atoms with Gasteiger partial charge in [0, 0.05) is 19.1 Å². The average molecular weight is 275 g/mol. The normalized spacial score (nSPS) is 19.4. The molecule has 1 aliphatic rings. The van der Waals surface area contributed by atoms with Gasteiger partial charge in [-0.15, -0.1) is 0 Å². The first-order valence-corrected chi connectivity index (χ1v) is 7.25. The number of halogens is 1. The maximum Gasteiger partial charge on any atom is 0.140 e. The van der Waals surface area contributed by atoms with Gasteiger partial charge in [0.25, 0.3) is 0 Å². The maximum absolute atomic E-state index is 13.3. The summed E-state index contributed by atoms with van der Waals surface area (Å²) < 4.78 is 13.3. The molecule has 20 heavy (non-hydrogen) atoms. The predicted octanol–water partition coefficient (Wildman–Crippen LogP) is 2.61. The molecule has 0 saturated carbocycles. The second kappa shape index (κ2) is 6.83. The van der Waals surface area contributed by atoms with E-state index < -0.39 is 5.82 Å². The van der Waals surface area contributed by atoms with Crippen LogP contribution in [0, 0.1) is 17.1 Å². The van der Waals surface area contributed by atoms with E-state index in [0.29, 0.717) is 6.04 Å². The Morgan fingerprint density at radius 1 is 1.50 bits per heavy atom. The van der Waals surface area contributed by atoms with Crippen molar-refractivity contribution >= 4 is 0 Å². The van der Waals surface area contributed by atoms with E-state index in [2.05, 4.69) is 23.8 Å². The number of rotatable bonds is 5. The zero-order valence-corrected chi connectivity index (χ0v) is 12.3. The lowest BCUT2D eigenvalue weighted by Gasteiger charge is -2.27. The van der Waals surface area contributed by atoms with Crippen LogP contribution in [0.3, 0.4) is 0 Å². The topological polar surface area (TPSA) is 30.3 Å². The fourth-order valence-corrected chi connectivity index (χ4v) is 3.01. The Labute approximate surface area is 120 Å². The zero-order chi connectivity index (χ0) is 14.5. The molecule has 0 aromatic heterocycles. The number of nitriles is 1. The average Bonchev–Trinajstić information content (AvgIpc) is 2.88. The molecule has 1 unspecified atom stereocenters. The van der Waals surface area contributed by atoms with Gasteiger partial charge in [0.1, 0.15) is 11.9 Å². The highest BCUT2D eigenvalue weighted by atomic mass is 19.1. The van der Waals surface area contributed by atoms with E-state index in [0.717, 1.165) is 25.2 Å². The Morgan fingerprint density at radius 3 is 3.00 bits per heavy atom. The summed E-state index contributed by atoms with van der Waals surface area (Å²) in [7, 11) is 2.08. The van der Waals surface area contributed by atoms with Gasteiger partial charge in [0.15, 0.2) is 0 Å². The van der Waals surface area contributed by atoms with Gasteiger partial charge in [0.05, 0.1) is 5.56 Å². The van der Waals surface area contributed by atoms with Crippen LogP contribution in [0.2, 0.25) is 0 Å². The highest BCUT2D eigenvalue weighted by Gasteiger charge is 2.23. The summed E-state index contributed by atoms with van der Waals surface area (Å²) in [5.41, 5.74) is 1.12. The molecule has 0 radical (unpaired) electrons. The summed E-state index contributed by atoms with van der Waals surface area (Å²) >= 11 is 0. The zero-order valence-electron chi connectivity index (χ0n) is 12.3. The molecule has 4 heteroatoms. The number of likely N-dealkylation sites (tertiary alicyclic amines) is 1. The fraction of sp³-hybridized carbons (Fsp3) is 0.562. The van der Waals surface area contributed by atoms with Gasteiger partial charge in [0.2, 0.25) is 0 Å². The molecule has 3 nitrogen and oxygen atoms in total. The predicted molar refractivity (Wildman–Crippen MR) is 77.7 cm³/mol. The molecule has 1 heterocycles. The van der Waals surface area contributed by atoms with E-state index >= 15 is 0 Å². The van der Waals surface area contributed by atoms with Crippen LogP contribution in [0.25, 0.3) is 0 Å². The van der Waals surface area contributed by atoms with Gasteiger partial charge in [-0.25, -0.2) is 4.39 Å². The minimum absolute atomic E-state index is 0.131. The maximum atomic E-state index is 13.3. The third-order valence-corrected chi connectivity index (χ3v) is 4.03. The van der Waals surface area contributed by atoms with E-state index in [-0.39, 0.29) is 5.56 Å². The monoisotopic (exact) mass is 275 g/mol. The van der Waals surface area contributed by atoms with Crippen LogP contribution in [0.4, 0.5) is 4.39 Å². The van der Waals surface area contributed by atoms with Crippen LogP contribution in [-0.2, 0) is 6.54 Å². The van der Waals surface area contributed by atoms with E-state index in [1.165, 1.54) is 25.5 Å². The number of hydrogen-bond donors (Lipinski definition) is 0. The molecule has 1 aromatic carbocycles. The minimum atomic E-state index is -0.438. The molecule has 0 aliphatic carbocycles. The van der Waals surface area contributed by atoms with Gasteiger partial charge < -0.3 is 4.90 Å². The minimum Gasteiger partial charge on any atom is -0.301 e. The third-order valence-electron chi connectivity index (χ3n) is 4.03. The highest BCUT2D eigenvalue weighted by Crippen LogP contribution is 2.18. The largest absolute Gasteiger partial charge is 0.301 e. The number of likely N-dealkylation sites (N-methyl/N-ethyl adjacent to an activating group) is 2. The second-order valence-corrected chi connectivity index (χ2v) is 5.55. The van der Waals surface area contributed by atoms with Crippen molar-refractivity contribution in [3.8, 4) is 6.07 Å². The van der Waals surface area contributed by atoms with Crippen molar-refractivity contribution in [2.75, 3.05) is 26.7 Å². The van der Waals surface area contributed by atoms with Gasteiger partial charge in [-0.3, -0.25) is 4.90 Å². The van der Waals surface area contributed by atoms with Gasteiger partial charge in [-0.05, 0) is 50.7 Å². The first kappa shape index (κ1) is 15.0. The lowest BCUT2D eigenvalue weighted by Crippen LogP contribution is -2.38. The van der Waals surface area contributed by atoms with Crippen LogP contribution in [0.15, 0.2) is 18.2 Å². The molecule has 1 aliphatic heterocycles. The molecule has 1 fully saturated rings. The summed E-state index contributed by atoms with van der Waals surface area (Å²) in [6.45, 7) is 6.28. The lowest BCUT2D eigenvalue weighted by atomic mass is 10.1. The molecular weight excluding hydrogens is 253 g/mol. The molecule has 2 rings (SSSR count). The molecule has 1 atom stereocenters. The molecule has 1 saturated heterocycles. The second-order valence-electron chi connectivity index (χ2n) is 5.55. The molecule has 0 amide bonds. The van der Waals surface area contributed by atoms with Crippen molar-refractivity contribution in [2.24, 2.45) is 0 Å². The van der Waals surface area contributed by atoms with Crippen molar-refractivity contribution in [2.45, 2.75) is 32.4 Å². The Hall–Kier alpha value is -1.44. The van der Waals surface area contributed by atoms with Gasteiger partial charge >= 0.3 is 0 Å². The van der Waals surface area contributed by atoms with Crippen molar-refractivity contribution in [1.82, 2.24) is 9.80 Å². The smallest absolute Gasteiger partial charge is 0.140 e. The first-order valence-electron chi connectivity index (χ1n) is 7.25. The Kier molecular flexibility index (Phi) is 5.11. The van der Waals surface area contributed by atoms with Crippen LogP contribution in [0.1, 0.15) is 30.9 Å². The van der Waals surface area contributed by atoms with Gasteiger partial charge in [-0.2, -0.15) is 5.26 Å². The van der Waals surface area contributed by atoms with Crippen LogP contribution >= 0.6 is 0 Å². The van der Waals surface area contributed by atoms with E-state index in [9.17, 15) is 4.39 Å². The molecule has 0 bridgehead atoms. The summed E-state index contributed by atoms with van der Waals surface area (Å²) in [4.78, 5) is 4.77.